The molecule has 0 unspecified atom stereocenters. The van der Waals surface area contributed by atoms with Crippen molar-refractivity contribution in [3.8, 4) is 0 Å². The largest absolute Gasteiger partial charge is 0.388 e. The quantitative estimate of drug-likeness (QED) is 0.770. The maximum atomic E-state index is 13.3. The van der Waals surface area contributed by atoms with Crippen LogP contribution in [0.15, 0.2) is 30.7 Å². The predicted molar refractivity (Wildman–Crippen MR) is 117 cm³/mol. The summed E-state index contributed by atoms with van der Waals surface area (Å²) in [4.78, 5) is 19.6. The number of nitrogens with zero attached hydrogens (tertiary/aromatic N) is 4. The molecule has 1 N–H and O–H groups in total. The lowest BCUT2D eigenvalue weighted by Crippen LogP contribution is -2.56. The monoisotopic (exact) mass is 446 g/mol. The van der Waals surface area contributed by atoms with E-state index in [2.05, 4.69) is 9.55 Å². The Morgan fingerprint density at radius 2 is 1.84 bits per heavy atom. The molecule has 3 fully saturated rings. The zero-order chi connectivity index (χ0) is 21.8. The van der Waals surface area contributed by atoms with Crippen molar-refractivity contribution in [2.45, 2.75) is 62.8 Å². The summed E-state index contributed by atoms with van der Waals surface area (Å²) in [6.07, 6.45) is 11.0. The van der Waals surface area contributed by atoms with Crippen LogP contribution in [0.3, 0.4) is 0 Å². The summed E-state index contributed by atoms with van der Waals surface area (Å²) in [6.45, 7) is 1.33. The van der Waals surface area contributed by atoms with Crippen molar-refractivity contribution < 1.29 is 18.3 Å². The zero-order valence-electron chi connectivity index (χ0n) is 17.9. The normalized spacial score (nSPS) is 30.2. The third-order valence-electron chi connectivity index (χ3n) is 7.42. The number of aromatic nitrogens is 2. The van der Waals surface area contributed by atoms with Crippen molar-refractivity contribution in [3.63, 3.8) is 0 Å². The van der Waals surface area contributed by atoms with Gasteiger partial charge in [-0.2, -0.15) is 0 Å². The van der Waals surface area contributed by atoms with Gasteiger partial charge in [-0.25, -0.2) is 12.7 Å². The summed E-state index contributed by atoms with van der Waals surface area (Å²) in [5.74, 6) is 0.0325. The van der Waals surface area contributed by atoms with Crippen LogP contribution >= 0.6 is 0 Å². The van der Waals surface area contributed by atoms with Crippen LogP contribution in [-0.2, 0) is 21.4 Å². The molecular weight excluding hydrogens is 416 g/mol. The summed E-state index contributed by atoms with van der Waals surface area (Å²) in [6, 6.07) is 4.13. The van der Waals surface area contributed by atoms with Crippen LogP contribution in [0.4, 0.5) is 0 Å². The minimum absolute atomic E-state index is 0.0594. The lowest BCUT2D eigenvalue weighted by molar-refractivity contribution is -0.147. The Balaban J connectivity index is 1.27. The van der Waals surface area contributed by atoms with Gasteiger partial charge in [0.1, 0.15) is 0 Å². The molecular formula is C22H30N4O4S. The first-order valence-electron chi connectivity index (χ1n) is 11.1. The van der Waals surface area contributed by atoms with Gasteiger partial charge in [0.15, 0.2) is 0 Å². The van der Waals surface area contributed by atoms with Gasteiger partial charge < -0.3 is 14.6 Å². The van der Waals surface area contributed by atoms with Crippen LogP contribution in [0.1, 0.15) is 38.5 Å². The molecule has 5 rings (SSSR count). The summed E-state index contributed by atoms with van der Waals surface area (Å²) in [5, 5.41) is 12.6. The van der Waals surface area contributed by atoms with Crippen molar-refractivity contribution in [1.82, 2.24) is 18.8 Å². The highest BCUT2D eigenvalue weighted by Gasteiger charge is 2.50. The second kappa shape index (κ2) is 7.56. The molecule has 0 aliphatic carbocycles. The Hall–Kier alpha value is -1.97. The molecule has 2 aromatic rings. The molecule has 3 saturated heterocycles. The number of carbonyl (C=O) groups is 1. The van der Waals surface area contributed by atoms with Crippen molar-refractivity contribution in [2.75, 3.05) is 19.3 Å². The predicted octanol–water partition coefficient (Wildman–Crippen LogP) is 1.59. The summed E-state index contributed by atoms with van der Waals surface area (Å²) in [5.41, 5.74) is 0.170. The van der Waals surface area contributed by atoms with Gasteiger partial charge >= 0.3 is 0 Å². The van der Waals surface area contributed by atoms with Gasteiger partial charge in [-0.3, -0.25) is 9.78 Å². The van der Waals surface area contributed by atoms with E-state index >= 15 is 0 Å². The third kappa shape index (κ3) is 3.87. The second-order valence-electron chi connectivity index (χ2n) is 9.58. The van der Waals surface area contributed by atoms with E-state index in [4.69, 9.17) is 0 Å². The molecule has 168 valence electrons. The maximum absolute atomic E-state index is 13.3. The average Bonchev–Trinajstić information content (AvgIpc) is 3.26. The minimum atomic E-state index is -3.20. The van der Waals surface area contributed by atoms with Gasteiger partial charge in [0, 0.05) is 48.9 Å². The Kier molecular flexibility index (Phi) is 5.10. The number of sulfonamides is 1. The SMILES string of the molecule is CS(=O)(=O)N1CCC(C(=O)N2[C@@H]3CC[C@@H]2CC(O)(Cn2ccc4ccncc42)C3)CC1. The van der Waals surface area contributed by atoms with Crippen LogP contribution in [0, 0.1) is 5.92 Å². The zero-order valence-corrected chi connectivity index (χ0v) is 18.7. The molecule has 31 heavy (non-hydrogen) atoms. The number of rotatable bonds is 4. The van der Waals surface area contributed by atoms with Gasteiger partial charge in [0.2, 0.25) is 15.9 Å². The topological polar surface area (TPSA) is 95.7 Å². The standard InChI is InChI=1S/C22H30N4O4S/c1-31(29,30)25-10-6-17(7-11-25)21(27)26-18-2-3-19(26)13-22(28,12-18)15-24-9-5-16-4-8-23-14-20(16)24/h4-5,8-9,14,17-19,28H,2-3,6-7,10-13,15H2,1H3/t18-,19-/m1/s1. The average molecular weight is 447 g/mol. The molecule has 8 nitrogen and oxygen atoms in total. The highest BCUT2D eigenvalue weighted by Crippen LogP contribution is 2.43. The van der Waals surface area contributed by atoms with Gasteiger partial charge in [0.05, 0.1) is 30.1 Å². The van der Waals surface area contributed by atoms with Crippen LogP contribution in [0.25, 0.3) is 10.9 Å². The summed E-state index contributed by atoms with van der Waals surface area (Å²) < 4.78 is 27.1. The molecule has 2 atom stereocenters. The first-order valence-corrected chi connectivity index (χ1v) is 13.0. The number of aliphatic hydroxyl groups is 1. The second-order valence-corrected chi connectivity index (χ2v) is 11.6. The first-order chi connectivity index (χ1) is 14.7. The molecule has 9 heteroatoms. The molecule has 5 heterocycles. The molecule has 0 spiro atoms. The first kappa shape index (κ1) is 20.9. The highest BCUT2D eigenvalue weighted by molar-refractivity contribution is 7.88. The summed E-state index contributed by atoms with van der Waals surface area (Å²) >= 11 is 0. The molecule has 2 aromatic heterocycles. The van der Waals surface area contributed by atoms with E-state index in [1.807, 2.05) is 29.4 Å². The lowest BCUT2D eigenvalue weighted by atomic mass is 9.84. The van der Waals surface area contributed by atoms with E-state index in [1.54, 1.807) is 6.20 Å². The van der Waals surface area contributed by atoms with Gasteiger partial charge in [-0.15, -0.1) is 0 Å². The Bertz CT molecular complexity index is 1080. The molecule has 3 aliphatic heterocycles. The number of hydrogen-bond donors (Lipinski definition) is 1. The summed E-state index contributed by atoms with van der Waals surface area (Å²) in [7, 11) is -3.20. The van der Waals surface area contributed by atoms with E-state index in [0.29, 0.717) is 45.3 Å². The van der Waals surface area contributed by atoms with Crippen molar-refractivity contribution in [3.05, 3.63) is 30.7 Å². The van der Waals surface area contributed by atoms with E-state index in [1.165, 1.54) is 10.6 Å². The Labute approximate surface area is 182 Å². The number of amides is 1. The van der Waals surface area contributed by atoms with Crippen LogP contribution in [0.2, 0.25) is 0 Å². The third-order valence-corrected chi connectivity index (χ3v) is 8.72. The van der Waals surface area contributed by atoms with Crippen molar-refractivity contribution in [1.29, 1.82) is 0 Å². The van der Waals surface area contributed by atoms with E-state index in [-0.39, 0.29) is 23.9 Å². The number of piperidine rings is 2. The Morgan fingerprint density at radius 3 is 2.48 bits per heavy atom. The molecule has 0 saturated carbocycles. The van der Waals surface area contributed by atoms with Crippen LogP contribution in [-0.4, -0.2) is 75.2 Å². The van der Waals surface area contributed by atoms with E-state index in [0.717, 1.165) is 23.7 Å². The van der Waals surface area contributed by atoms with Crippen LogP contribution in [0.5, 0.6) is 0 Å². The smallest absolute Gasteiger partial charge is 0.226 e. The number of carbonyl (C=O) groups excluding carboxylic acids is 1. The fourth-order valence-electron chi connectivity index (χ4n) is 5.94. The molecule has 0 radical (unpaired) electrons. The van der Waals surface area contributed by atoms with Crippen molar-refractivity contribution >= 4 is 26.8 Å². The number of fused-ring (bicyclic) bond motifs is 3. The maximum Gasteiger partial charge on any atom is 0.226 e. The van der Waals surface area contributed by atoms with Crippen molar-refractivity contribution in [2.24, 2.45) is 5.92 Å². The van der Waals surface area contributed by atoms with Gasteiger partial charge in [-0.1, -0.05) is 0 Å². The lowest BCUT2D eigenvalue weighted by Gasteiger charge is -2.45. The van der Waals surface area contributed by atoms with Gasteiger partial charge in [0.25, 0.3) is 0 Å². The molecule has 2 bridgehead atoms. The van der Waals surface area contributed by atoms with E-state index < -0.39 is 15.6 Å². The minimum Gasteiger partial charge on any atom is -0.388 e. The molecule has 0 aromatic carbocycles. The van der Waals surface area contributed by atoms with E-state index in [9.17, 15) is 18.3 Å². The fourth-order valence-corrected chi connectivity index (χ4v) is 6.81. The number of hydrogen-bond acceptors (Lipinski definition) is 5. The van der Waals surface area contributed by atoms with Crippen LogP contribution < -0.4 is 0 Å². The number of pyridine rings is 1. The van der Waals surface area contributed by atoms with Gasteiger partial charge in [-0.05, 0) is 50.7 Å². The fraction of sp³-hybridized carbons (Fsp3) is 0.636. The highest BCUT2D eigenvalue weighted by atomic mass is 32.2. The molecule has 1 amide bonds. The Morgan fingerprint density at radius 1 is 1.16 bits per heavy atom. The molecule has 3 aliphatic rings.